The molecule has 3 nitrogen and oxygen atoms in total. The van der Waals surface area contributed by atoms with Crippen molar-refractivity contribution in [3.8, 4) is 0 Å². The van der Waals surface area contributed by atoms with Gasteiger partial charge in [0.2, 0.25) is 0 Å². The highest BCUT2D eigenvalue weighted by Gasteiger charge is 2.23. The molecule has 1 fully saturated rings. The molecular weight excluding hydrogens is 289 g/mol. The zero-order valence-corrected chi connectivity index (χ0v) is 13.4. The lowest BCUT2D eigenvalue weighted by Crippen LogP contribution is -2.52. The van der Waals surface area contributed by atoms with Gasteiger partial charge in [-0.3, -0.25) is 4.90 Å². The first-order chi connectivity index (χ1) is 11.2. The van der Waals surface area contributed by atoms with E-state index < -0.39 is 0 Å². The first-order valence-electron chi connectivity index (χ1n) is 8.04. The molecule has 0 radical (unpaired) electrons. The number of hydrogen-bond acceptors (Lipinski definition) is 3. The number of benzene rings is 1. The van der Waals surface area contributed by atoms with Gasteiger partial charge in [0.15, 0.2) is 0 Å². The highest BCUT2D eigenvalue weighted by molar-refractivity contribution is 5.48. The Bertz CT molecular complexity index is 639. The summed E-state index contributed by atoms with van der Waals surface area (Å²) in [7, 11) is 0. The second-order valence-electron chi connectivity index (χ2n) is 5.95. The molecule has 0 saturated carbocycles. The molecule has 1 aromatic carbocycles. The number of anilines is 1. The number of nitrogens with zero attached hydrogens (tertiary/aromatic N) is 3. The van der Waals surface area contributed by atoms with E-state index in [-0.39, 0.29) is 5.82 Å². The van der Waals surface area contributed by atoms with Crippen LogP contribution in [0.3, 0.4) is 0 Å². The highest BCUT2D eigenvalue weighted by Crippen LogP contribution is 2.18. The Labute approximate surface area is 137 Å². The second-order valence-corrected chi connectivity index (χ2v) is 5.95. The van der Waals surface area contributed by atoms with Gasteiger partial charge in [-0.25, -0.2) is 9.37 Å². The van der Waals surface area contributed by atoms with Crippen LogP contribution in [-0.4, -0.2) is 42.1 Å². The van der Waals surface area contributed by atoms with Crippen molar-refractivity contribution < 1.29 is 4.39 Å². The van der Waals surface area contributed by atoms with E-state index in [4.69, 9.17) is 0 Å². The molecule has 0 amide bonds. The Hall–Kier alpha value is -2.20. The summed E-state index contributed by atoms with van der Waals surface area (Å²) in [6.07, 6.45) is 5.67. The molecule has 2 aromatic rings. The third-order valence-corrected chi connectivity index (χ3v) is 4.19. The molecule has 1 aromatic heterocycles. The summed E-state index contributed by atoms with van der Waals surface area (Å²) >= 11 is 0. The number of aromatic nitrogens is 1. The third-order valence-electron chi connectivity index (χ3n) is 4.19. The Kier molecular flexibility index (Phi) is 5.03. The lowest BCUT2D eigenvalue weighted by molar-refractivity contribution is 0.250. The van der Waals surface area contributed by atoms with Crippen molar-refractivity contribution >= 4 is 11.9 Å². The average Bonchev–Trinajstić information content (AvgIpc) is 2.57. The Morgan fingerprint density at radius 1 is 1.17 bits per heavy atom. The molecule has 120 valence electrons. The molecule has 1 atom stereocenters. The van der Waals surface area contributed by atoms with Crippen LogP contribution in [0.2, 0.25) is 0 Å². The summed E-state index contributed by atoms with van der Waals surface area (Å²) in [4.78, 5) is 8.88. The number of rotatable bonds is 4. The van der Waals surface area contributed by atoms with Crippen LogP contribution in [0.4, 0.5) is 10.2 Å². The molecule has 1 aliphatic rings. The van der Waals surface area contributed by atoms with Crippen LogP contribution in [0.15, 0.2) is 54.7 Å². The van der Waals surface area contributed by atoms with E-state index in [0.29, 0.717) is 6.04 Å². The van der Waals surface area contributed by atoms with Crippen LogP contribution >= 0.6 is 0 Å². The maximum absolute atomic E-state index is 13.0. The van der Waals surface area contributed by atoms with E-state index in [1.807, 2.05) is 6.07 Å². The number of halogens is 1. The van der Waals surface area contributed by atoms with Gasteiger partial charge >= 0.3 is 0 Å². The minimum absolute atomic E-state index is 0.286. The van der Waals surface area contributed by atoms with Gasteiger partial charge in [-0.2, -0.15) is 0 Å². The van der Waals surface area contributed by atoms with Crippen molar-refractivity contribution in [3.63, 3.8) is 0 Å². The quantitative estimate of drug-likeness (QED) is 0.862. The molecule has 0 spiro atoms. The van der Waals surface area contributed by atoms with Crippen molar-refractivity contribution in [1.82, 2.24) is 9.88 Å². The molecule has 3 rings (SSSR count). The average molecular weight is 311 g/mol. The lowest BCUT2D eigenvalue weighted by Gasteiger charge is -2.40. The topological polar surface area (TPSA) is 19.4 Å². The fourth-order valence-corrected chi connectivity index (χ4v) is 2.98. The molecule has 1 aliphatic heterocycles. The fraction of sp³-hybridized carbons (Fsp3) is 0.316. The van der Waals surface area contributed by atoms with E-state index in [9.17, 15) is 4.39 Å². The van der Waals surface area contributed by atoms with Gasteiger partial charge in [0.05, 0.1) is 6.20 Å². The molecular formula is C19H22FN3. The zero-order valence-electron chi connectivity index (χ0n) is 13.4. The van der Waals surface area contributed by atoms with Gasteiger partial charge in [-0.1, -0.05) is 42.5 Å². The SMILES string of the molecule is CC1CN(CC=Cc2ccccc2)CCN1c1ccc(F)cn1. The maximum atomic E-state index is 13.0. The van der Waals surface area contributed by atoms with E-state index in [0.717, 1.165) is 32.0 Å². The smallest absolute Gasteiger partial charge is 0.141 e. The Morgan fingerprint density at radius 2 is 2.00 bits per heavy atom. The predicted molar refractivity (Wildman–Crippen MR) is 92.9 cm³/mol. The van der Waals surface area contributed by atoms with Crippen molar-refractivity contribution in [1.29, 1.82) is 0 Å². The zero-order chi connectivity index (χ0) is 16.1. The lowest BCUT2D eigenvalue weighted by atomic mass is 10.1. The molecule has 0 N–H and O–H groups in total. The van der Waals surface area contributed by atoms with Crippen molar-refractivity contribution in [2.45, 2.75) is 13.0 Å². The molecule has 1 saturated heterocycles. The van der Waals surface area contributed by atoms with E-state index >= 15 is 0 Å². The Balaban J connectivity index is 1.54. The first kappa shape index (κ1) is 15.7. The standard InChI is InChI=1S/C19H22FN3/c1-16-15-22(11-5-8-17-6-3-2-4-7-17)12-13-23(16)19-10-9-18(20)14-21-19/h2-10,14,16H,11-13,15H2,1H3. The van der Waals surface area contributed by atoms with Crippen LogP contribution in [0.5, 0.6) is 0 Å². The summed E-state index contributed by atoms with van der Waals surface area (Å²) in [5, 5.41) is 0. The van der Waals surface area contributed by atoms with Crippen LogP contribution < -0.4 is 4.90 Å². The predicted octanol–water partition coefficient (Wildman–Crippen LogP) is 3.44. The largest absolute Gasteiger partial charge is 0.351 e. The Morgan fingerprint density at radius 3 is 2.70 bits per heavy atom. The molecule has 4 heteroatoms. The van der Waals surface area contributed by atoms with Gasteiger partial charge in [-0.05, 0) is 24.6 Å². The third kappa shape index (κ3) is 4.17. The van der Waals surface area contributed by atoms with Gasteiger partial charge < -0.3 is 4.90 Å². The summed E-state index contributed by atoms with van der Waals surface area (Å²) in [6, 6.07) is 14.0. The van der Waals surface area contributed by atoms with Crippen molar-refractivity contribution in [2.24, 2.45) is 0 Å². The van der Waals surface area contributed by atoms with E-state index in [1.165, 1.54) is 17.8 Å². The van der Waals surface area contributed by atoms with Crippen molar-refractivity contribution in [2.75, 3.05) is 31.1 Å². The molecule has 0 aliphatic carbocycles. The van der Waals surface area contributed by atoms with Crippen LogP contribution in [0, 0.1) is 5.82 Å². The molecule has 1 unspecified atom stereocenters. The normalized spacial score (nSPS) is 19.4. The van der Waals surface area contributed by atoms with Gasteiger partial charge in [0, 0.05) is 32.2 Å². The molecule has 0 bridgehead atoms. The van der Waals surface area contributed by atoms with E-state index in [1.54, 1.807) is 6.07 Å². The van der Waals surface area contributed by atoms with Gasteiger partial charge in [0.1, 0.15) is 11.6 Å². The summed E-state index contributed by atoms with van der Waals surface area (Å²) in [6.45, 7) is 6.03. The first-order valence-corrected chi connectivity index (χ1v) is 8.04. The second kappa shape index (κ2) is 7.38. The van der Waals surface area contributed by atoms with E-state index in [2.05, 4.69) is 58.1 Å². The van der Waals surface area contributed by atoms with Crippen LogP contribution in [0.1, 0.15) is 12.5 Å². The summed E-state index contributed by atoms with van der Waals surface area (Å²) < 4.78 is 13.0. The van der Waals surface area contributed by atoms with Crippen molar-refractivity contribution in [3.05, 3.63) is 66.1 Å². The van der Waals surface area contributed by atoms with Crippen LogP contribution in [-0.2, 0) is 0 Å². The summed E-state index contributed by atoms with van der Waals surface area (Å²) in [5.41, 5.74) is 1.23. The molecule has 23 heavy (non-hydrogen) atoms. The highest BCUT2D eigenvalue weighted by atomic mass is 19.1. The van der Waals surface area contributed by atoms with Gasteiger partial charge in [-0.15, -0.1) is 0 Å². The molecule has 2 heterocycles. The van der Waals surface area contributed by atoms with Crippen LogP contribution in [0.25, 0.3) is 6.08 Å². The fourth-order valence-electron chi connectivity index (χ4n) is 2.98. The maximum Gasteiger partial charge on any atom is 0.141 e. The minimum atomic E-state index is -0.286. The summed E-state index contributed by atoms with van der Waals surface area (Å²) in [5.74, 6) is 0.574. The van der Waals surface area contributed by atoms with Gasteiger partial charge in [0.25, 0.3) is 0 Å². The number of hydrogen-bond donors (Lipinski definition) is 0. The monoisotopic (exact) mass is 311 g/mol. The minimum Gasteiger partial charge on any atom is -0.351 e. The number of pyridine rings is 1. The number of piperazine rings is 1.